The van der Waals surface area contributed by atoms with Crippen LogP contribution in [0.5, 0.6) is 0 Å². The predicted octanol–water partition coefficient (Wildman–Crippen LogP) is 2.66. The molecule has 0 bridgehead atoms. The molecule has 0 radical (unpaired) electrons. The average Bonchev–Trinajstić information content (AvgIpc) is 2.35. The quantitative estimate of drug-likeness (QED) is 0.615. The van der Waals surface area contributed by atoms with E-state index in [9.17, 15) is 18.4 Å². The van der Waals surface area contributed by atoms with Crippen LogP contribution in [0.25, 0.3) is 0 Å². The molecule has 0 saturated heterocycles. The van der Waals surface area contributed by atoms with Crippen LogP contribution in [0.4, 0.5) is 10.5 Å². The molecule has 9 heteroatoms. The van der Waals surface area contributed by atoms with Crippen molar-refractivity contribution < 1.29 is 27.8 Å². The third-order valence-corrected chi connectivity index (χ3v) is 3.27. The summed E-state index contributed by atoms with van der Waals surface area (Å²) in [6, 6.07) is 3.67. The van der Waals surface area contributed by atoms with Gasteiger partial charge < -0.3 is 14.0 Å². The lowest BCUT2D eigenvalue weighted by Crippen LogP contribution is -2.38. The Labute approximate surface area is 135 Å². The van der Waals surface area contributed by atoms with Gasteiger partial charge in [-0.2, -0.15) is 0 Å². The normalized spacial score (nSPS) is 12.5. The van der Waals surface area contributed by atoms with Crippen LogP contribution >= 0.6 is 11.6 Å². The van der Waals surface area contributed by atoms with Crippen molar-refractivity contribution in [1.82, 2.24) is 0 Å². The van der Waals surface area contributed by atoms with Crippen LogP contribution in [0.2, 0.25) is 5.02 Å². The summed E-state index contributed by atoms with van der Waals surface area (Å²) in [6.45, 7) is 4.80. The summed E-state index contributed by atoms with van der Waals surface area (Å²) in [5.74, 6) is -0.677. The monoisotopic (exact) mass is 348 g/mol. The Balaban J connectivity index is 3.18. The summed E-state index contributed by atoms with van der Waals surface area (Å²) in [6.07, 6.45) is -1.08. The number of hydrogen-bond acceptors (Lipinski definition) is 6. The van der Waals surface area contributed by atoms with Gasteiger partial charge in [0.1, 0.15) is 5.60 Å². The highest BCUT2D eigenvalue weighted by atomic mass is 35.5. The number of anilines is 1. The van der Waals surface area contributed by atoms with Gasteiger partial charge in [0.05, 0.1) is 34.6 Å². The minimum Gasteiger partial charge on any atom is -0.755 e. The number of nitrogens with zero attached hydrogens (tertiary/aromatic N) is 1. The summed E-state index contributed by atoms with van der Waals surface area (Å²) in [7, 11) is 1.19. The lowest BCUT2D eigenvalue weighted by molar-refractivity contribution is 0.0595. The molecule has 0 saturated carbocycles. The van der Waals surface area contributed by atoms with E-state index in [0.717, 1.165) is 6.07 Å². The van der Waals surface area contributed by atoms with Crippen LogP contribution < -0.4 is 4.31 Å². The number of benzene rings is 1. The summed E-state index contributed by atoms with van der Waals surface area (Å²) < 4.78 is 32.6. The number of hydrogen-bond donors (Lipinski definition) is 0. The molecule has 0 N–H and O–H groups in total. The smallest absolute Gasteiger partial charge is 0.426 e. The Morgan fingerprint density at radius 2 is 1.91 bits per heavy atom. The van der Waals surface area contributed by atoms with Gasteiger partial charge in [0.25, 0.3) is 0 Å². The van der Waals surface area contributed by atoms with Crippen molar-refractivity contribution in [3.05, 3.63) is 28.8 Å². The van der Waals surface area contributed by atoms with E-state index in [-0.39, 0.29) is 16.3 Å². The van der Waals surface area contributed by atoms with Crippen molar-refractivity contribution in [2.75, 3.05) is 11.4 Å². The minimum atomic E-state index is -2.91. The van der Waals surface area contributed by atoms with E-state index in [1.165, 1.54) is 19.2 Å². The van der Waals surface area contributed by atoms with Crippen LogP contribution in [0.15, 0.2) is 18.2 Å². The molecule has 1 atom stereocenters. The van der Waals surface area contributed by atoms with Gasteiger partial charge in [-0.3, -0.25) is 4.21 Å². The number of methoxy groups -OCH3 is 1. The van der Waals surface area contributed by atoms with Crippen molar-refractivity contribution in [3.63, 3.8) is 0 Å². The molecule has 7 nitrogen and oxygen atoms in total. The fourth-order valence-electron chi connectivity index (χ4n) is 1.46. The highest BCUT2D eigenvalue weighted by molar-refractivity contribution is 7.81. The van der Waals surface area contributed by atoms with Crippen LogP contribution in [0.1, 0.15) is 31.1 Å². The maximum Gasteiger partial charge on any atom is 0.426 e. The first kappa shape index (κ1) is 18.4. The summed E-state index contributed by atoms with van der Waals surface area (Å²) in [5, 5.41) is -0.0524. The molecule has 0 heterocycles. The van der Waals surface area contributed by atoms with E-state index in [2.05, 4.69) is 4.74 Å². The zero-order chi connectivity index (χ0) is 17.1. The van der Waals surface area contributed by atoms with E-state index < -0.39 is 28.9 Å². The number of halogens is 1. The van der Waals surface area contributed by atoms with Crippen LogP contribution in [0, 0.1) is 0 Å². The molecule has 122 valence electrons. The van der Waals surface area contributed by atoms with Gasteiger partial charge in [-0.05, 0) is 39.0 Å². The fraction of sp³-hybridized carbons (Fsp3) is 0.385. The molecule has 1 unspecified atom stereocenters. The van der Waals surface area contributed by atoms with Gasteiger partial charge in [0.15, 0.2) is 0 Å². The standard InChI is InChI=1S/C13H16ClNO6S/c1-13(2,3)21-12(17)15(22(18)19)8-5-6-9(10(14)7-8)11(16)20-4/h5-7H,1-4H3,(H,18,19)/p-1. The number of esters is 1. The molecule has 0 fully saturated rings. The van der Waals surface area contributed by atoms with Crippen molar-refractivity contribution in [1.29, 1.82) is 0 Å². The number of carbonyl (C=O) groups excluding carboxylic acids is 2. The first-order chi connectivity index (χ1) is 10.1. The second-order valence-corrected chi connectivity index (χ2v) is 6.35. The van der Waals surface area contributed by atoms with E-state index in [1.807, 2.05) is 0 Å². The Kier molecular flexibility index (Phi) is 5.92. The maximum atomic E-state index is 12.0. The topological polar surface area (TPSA) is 96.0 Å². The van der Waals surface area contributed by atoms with E-state index in [4.69, 9.17) is 16.3 Å². The van der Waals surface area contributed by atoms with Crippen LogP contribution in [-0.2, 0) is 20.7 Å². The predicted molar refractivity (Wildman–Crippen MR) is 80.4 cm³/mol. The van der Waals surface area contributed by atoms with Gasteiger partial charge in [-0.1, -0.05) is 11.6 Å². The number of ether oxygens (including phenoxy) is 2. The Bertz CT molecular complexity index is 613. The summed E-state index contributed by atoms with van der Waals surface area (Å²) >= 11 is 3.00. The van der Waals surface area contributed by atoms with Gasteiger partial charge in [-0.15, -0.1) is 0 Å². The lowest BCUT2D eigenvalue weighted by atomic mass is 10.2. The van der Waals surface area contributed by atoms with Crippen molar-refractivity contribution in [3.8, 4) is 0 Å². The Morgan fingerprint density at radius 1 is 1.32 bits per heavy atom. The third-order valence-electron chi connectivity index (χ3n) is 2.30. The molecule has 22 heavy (non-hydrogen) atoms. The molecule has 0 aliphatic carbocycles. The second-order valence-electron chi connectivity index (χ2n) is 5.15. The molecule has 0 aliphatic heterocycles. The molecule has 0 aromatic heterocycles. The van der Waals surface area contributed by atoms with Crippen LogP contribution in [-0.4, -0.2) is 33.5 Å². The van der Waals surface area contributed by atoms with E-state index >= 15 is 0 Å². The van der Waals surface area contributed by atoms with Gasteiger partial charge in [0, 0.05) is 0 Å². The van der Waals surface area contributed by atoms with Gasteiger partial charge in [-0.25, -0.2) is 13.9 Å². The number of carbonyl (C=O) groups is 2. The lowest BCUT2D eigenvalue weighted by Gasteiger charge is -2.28. The fourth-order valence-corrected chi connectivity index (χ4v) is 2.16. The van der Waals surface area contributed by atoms with Crippen molar-refractivity contribution in [2.24, 2.45) is 0 Å². The highest BCUT2D eigenvalue weighted by Crippen LogP contribution is 2.26. The largest absolute Gasteiger partial charge is 0.755 e. The molecular weight excluding hydrogens is 334 g/mol. The number of rotatable bonds is 3. The maximum absolute atomic E-state index is 12.0. The molecule has 1 rings (SSSR count). The third kappa shape index (κ3) is 4.69. The van der Waals surface area contributed by atoms with Crippen molar-refractivity contribution >= 4 is 40.6 Å². The van der Waals surface area contributed by atoms with Crippen LogP contribution in [0.3, 0.4) is 0 Å². The first-order valence-corrected chi connectivity index (χ1v) is 7.48. The molecule has 1 amide bonds. The summed E-state index contributed by atoms with van der Waals surface area (Å²) in [5.41, 5.74) is -0.876. The van der Waals surface area contributed by atoms with E-state index in [1.54, 1.807) is 20.8 Å². The van der Waals surface area contributed by atoms with Gasteiger partial charge in [0.2, 0.25) is 0 Å². The van der Waals surface area contributed by atoms with Crippen molar-refractivity contribution in [2.45, 2.75) is 26.4 Å². The zero-order valence-electron chi connectivity index (χ0n) is 12.4. The molecule has 0 spiro atoms. The molecule has 1 aromatic carbocycles. The summed E-state index contributed by atoms with van der Waals surface area (Å²) in [4.78, 5) is 23.4. The highest BCUT2D eigenvalue weighted by Gasteiger charge is 2.25. The SMILES string of the molecule is COC(=O)c1ccc(N(C(=O)OC(C)(C)C)S(=O)[O-])cc1Cl. The Morgan fingerprint density at radius 3 is 2.32 bits per heavy atom. The molecule has 1 aromatic rings. The average molecular weight is 349 g/mol. The van der Waals surface area contributed by atoms with E-state index in [0.29, 0.717) is 4.31 Å². The molecule has 0 aliphatic rings. The van der Waals surface area contributed by atoms with Gasteiger partial charge >= 0.3 is 12.1 Å². The minimum absolute atomic E-state index is 0.0498. The first-order valence-electron chi connectivity index (χ1n) is 6.07. The number of amides is 1. The second kappa shape index (κ2) is 7.08. The molecular formula is C13H15ClNO6S-. The Hall–Kier alpha value is -1.64. The zero-order valence-corrected chi connectivity index (χ0v) is 14.0.